The second-order valence-electron chi connectivity index (χ2n) is 6.65. The van der Waals surface area contributed by atoms with Gasteiger partial charge in [0.25, 0.3) is 5.91 Å². The average molecular weight is 362 g/mol. The van der Waals surface area contributed by atoms with Crippen molar-refractivity contribution in [3.05, 3.63) is 77.5 Å². The number of hydrogen-bond acceptors (Lipinski definition) is 3. The van der Waals surface area contributed by atoms with E-state index in [1.54, 1.807) is 0 Å². The lowest BCUT2D eigenvalue weighted by atomic mass is 10.1. The number of nitrogens with one attached hydrogen (secondary N) is 2. The molecule has 140 valence electrons. The minimum atomic E-state index is -0.0824. The molecule has 0 aliphatic heterocycles. The Hall–Kier alpha value is -2.92. The van der Waals surface area contributed by atoms with Gasteiger partial charge in [0.15, 0.2) is 0 Å². The first-order valence-corrected chi connectivity index (χ1v) is 9.28. The first-order valence-electron chi connectivity index (χ1n) is 9.28. The van der Waals surface area contributed by atoms with Crippen LogP contribution in [0.4, 0.5) is 0 Å². The molecule has 1 aromatic heterocycles. The maximum atomic E-state index is 12.7. The number of carbonyl (C=O) groups is 1. The van der Waals surface area contributed by atoms with Gasteiger partial charge in [0.05, 0.1) is 12.1 Å². The summed E-state index contributed by atoms with van der Waals surface area (Å²) in [5, 5.41) is 10.8. The maximum Gasteiger partial charge on any atom is 0.255 e. The Kier molecular flexibility index (Phi) is 6.39. The largest absolute Gasteiger partial charge is 0.352 e. The zero-order valence-corrected chi connectivity index (χ0v) is 15.9. The number of carbonyl (C=O) groups excluding carboxylic acids is 1. The van der Waals surface area contributed by atoms with Gasteiger partial charge >= 0.3 is 0 Å². The van der Waals surface area contributed by atoms with E-state index >= 15 is 0 Å². The van der Waals surface area contributed by atoms with Crippen LogP contribution in [0.1, 0.15) is 27.9 Å². The van der Waals surface area contributed by atoms with Crippen molar-refractivity contribution in [2.75, 3.05) is 20.1 Å². The number of aromatic nitrogens is 2. The van der Waals surface area contributed by atoms with E-state index in [9.17, 15) is 4.79 Å². The van der Waals surface area contributed by atoms with E-state index in [1.807, 2.05) is 67.3 Å². The van der Waals surface area contributed by atoms with Crippen molar-refractivity contribution < 1.29 is 4.79 Å². The first kappa shape index (κ1) is 18.9. The maximum absolute atomic E-state index is 12.7. The van der Waals surface area contributed by atoms with E-state index in [0.717, 1.165) is 29.8 Å². The lowest BCUT2D eigenvalue weighted by molar-refractivity contribution is 0.0954. The summed E-state index contributed by atoms with van der Waals surface area (Å²) >= 11 is 0. The number of aryl methyl sites for hydroxylation is 1. The molecule has 0 saturated heterocycles. The highest BCUT2D eigenvalue weighted by Crippen LogP contribution is 2.23. The molecule has 3 aromatic rings. The van der Waals surface area contributed by atoms with E-state index in [2.05, 4.69) is 22.8 Å². The summed E-state index contributed by atoms with van der Waals surface area (Å²) in [5.74, 6) is -0.0824. The van der Waals surface area contributed by atoms with E-state index in [0.29, 0.717) is 18.7 Å². The van der Waals surface area contributed by atoms with Gasteiger partial charge in [0, 0.05) is 18.3 Å². The topological polar surface area (TPSA) is 58.9 Å². The van der Waals surface area contributed by atoms with Crippen LogP contribution in [-0.4, -0.2) is 35.8 Å². The number of amides is 1. The third-order valence-electron chi connectivity index (χ3n) is 4.41. The van der Waals surface area contributed by atoms with Gasteiger partial charge in [-0.1, -0.05) is 60.2 Å². The van der Waals surface area contributed by atoms with Crippen molar-refractivity contribution >= 4 is 5.91 Å². The van der Waals surface area contributed by atoms with Crippen molar-refractivity contribution in [2.45, 2.75) is 19.9 Å². The monoisotopic (exact) mass is 362 g/mol. The van der Waals surface area contributed by atoms with Crippen LogP contribution in [0.3, 0.4) is 0 Å². The van der Waals surface area contributed by atoms with Gasteiger partial charge < -0.3 is 10.6 Å². The van der Waals surface area contributed by atoms with Crippen LogP contribution in [-0.2, 0) is 6.54 Å². The van der Waals surface area contributed by atoms with Crippen molar-refractivity contribution in [3.63, 3.8) is 0 Å². The lowest BCUT2D eigenvalue weighted by Gasteiger charge is -2.05. The number of benzene rings is 2. The van der Waals surface area contributed by atoms with Crippen LogP contribution >= 0.6 is 0 Å². The molecule has 0 atom stereocenters. The Morgan fingerprint density at radius 1 is 1.04 bits per heavy atom. The molecule has 1 heterocycles. The standard InChI is InChI=1S/C22H26N4O/c1-17-9-11-19(12-10-17)21-20(22(27)24-14-6-13-23-2)16-26(25-21)15-18-7-4-3-5-8-18/h3-5,7-12,16,23H,6,13-15H2,1-2H3,(H,24,27). The van der Waals surface area contributed by atoms with E-state index in [-0.39, 0.29) is 5.91 Å². The molecular weight excluding hydrogens is 336 g/mol. The summed E-state index contributed by atoms with van der Waals surface area (Å²) in [4.78, 5) is 12.7. The summed E-state index contributed by atoms with van der Waals surface area (Å²) in [6, 6.07) is 18.2. The van der Waals surface area contributed by atoms with Crippen molar-refractivity contribution in [1.29, 1.82) is 0 Å². The van der Waals surface area contributed by atoms with Gasteiger partial charge in [0.1, 0.15) is 5.69 Å². The molecule has 1 amide bonds. The van der Waals surface area contributed by atoms with Gasteiger partial charge in [-0.2, -0.15) is 5.10 Å². The Morgan fingerprint density at radius 2 is 1.78 bits per heavy atom. The SMILES string of the molecule is CNCCCNC(=O)c1cn(Cc2ccccc2)nc1-c1ccc(C)cc1. The Bertz CT molecular complexity index is 869. The van der Waals surface area contributed by atoms with Crippen LogP contribution in [0.2, 0.25) is 0 Å². The molecule has 0 aliphatic rings. The van der Waals surface area contributed by atoms with Crippen molar-refractivity contribution in [2.24, 2.45) is 0 Å². The number of nitrogens with zero attached hydrogens (tertiary/aromatic N) is 2. The predicted molar refractivity (Wildman–Crippen MR) is 109 cm³/mol. The summed E-state index contributed by atoms with van der Waals surface area (Å²) in [7, 11) is 1.91. The Balaban J connectivity index is 1.86. The quantitative estimate of drug-likeness (QED) is 0.605. The van der Waals surface area contributed by atoms with Gasteiger partial charge in [-0.15, -0.1) is 0 Å². The third kappa shape index (κ3) is 5.05. The normalized spacial score (nSPS) is 10.7. The van der Waals surface area contributed by atoms with Crippen molar-refractivity contribution in [1.82, 2.24) is 20.4 Å². The minimum absolute atomic E-state index is 0.0824. The lowest BCUT2D eigenvalue weighted by Crippen LogP contribution is -2.26. The van der Waals surface area contributed by atoms with Crippen molar-refractivity contribution in [3.8, 4) is 11.3 Å². The van der Waals surface area contributed by atoms with E-state index in [4.69, 9.17) is 5.10 Å². The molecule has 0 spiro atoms. The fourth-order valence-corrected chi connectivity index (χ4v) is 2.93. The first-order chi connectivity index (χ1) is 13.2. The molecule has 2 N–H and O–H groups in total. The summed E-state index contributed by atoms with van der Waals surface area (Å²) < 4.78 is 1.84. The highest BCUT2D eigenvalue weighted by molar-refractivity contribution is 5.99. The second-order valence-corrected chi connectivity index (χ2v) is 6.65. The highest BCUT2D eigenvalue weighted by Gasteiger charge is 2.17. The van der Waals surface area contributed by atoms with E-state index < -0.39 is 0 Å². The molecule has 0 fully saturated rings. The van der Waals surface area contributed by atoms with Crippen LogP contribution in [0.5, 0.6) is 0 Å². The summed E-state index contributed by atoms with van der Waals surface area (Å²) in [6.07, 6.45) is 2.73. The molecule has 27 heavy (non-hydrogen) atoms. The Morgan fingerprint density at radius 3 is 2.48 bits per heavy atom. The van der Waals surface area contributed by atoms with Gasteiger partial charge in [-0.25, -0.2) is 0 Å². The minimum Gasteiger partial charge on any atom is -0.352 e. The zero-order valence-electron chi connectivity index (χ0n) is 15.9. The highest BCUT2D eigenvalue weighted by atomic mass is 16.1. The predicted octanol–water partition coefficient (Wildman–Crippen LogP) is 3.25. The summed E-state index contributed by atoms with van der Waals surface area (Å²) in [6.45, 7) is 4.19. The van der Waals surface area contributed by atoms with Gasteiger partial charge in [-0.3, -0.25) is 9.48 Å². The van der Waals surface area contributed by atoms with E-state index in [1.165, 1.54) is 5.56 Å². The molecule has 0 unspecified atom stereocenters. The van der Waals surface area contributed by atoms with Gasteiger partial charge in [-0.05, 0) is 32.5 Å². The molecule has 0 aliphatic carbocycles. The fourth-order valence-electron chi connectivity index (χ4n) is 2.93. The molecular formula is C22H26N4O. The second kappa shape index (κ2) is 9.14. The molecule has 2 aromatic carbocycles. The van der Waals surface area contributed by atoms with Crippen LogP contribution in [0, 0.1) is 6.92 Å². The summed E-state index contributed by atoms with van der Waals surface area (Å²) in [5.41, 5.74) is 4.61. The number of rotatable bonds is 8. The van der Waals surface area contributed by atoms with Gasteiger partial charge in [0.2, 0.25) is 0 Å². The zero-order chi connectivity index (χ0) is 19.1. The molecule has 5 nitrogen and oxygen atoms in total. The van der Waals surface area contributed by atoms with Crippen LogP contribution < -0.4 is 10.6 Å². The fraction of sp³-hybridized carbons (Fsp3) is 0.273. The molecule has 3 rings (SSSR count). The molecule has 0 saturated carbocycles. The molecule has 0 radical (unpaired) electrons. The smallest absolute Gasteiger partial charge is 0.255 e. The Labute approximate surface area is 160 Å². The van der Waals surface area contributed by atoms with Crippen LogP contribution in [0.25, 0.3) is 11.3 Å². The van der Waals surface area contributed by atoms with Crippen LogP contribution in [0.15, 0.2) is 60.8 Å². The molecule has 5 heteroatoms. The number of hydrogen-bond donors (Lipinski definition) is 2. The molecule has 0 bridgehead atoms. The average Bonchev–Trinajstić information content (AvgIpc) is 3.10. The third-order valence-corrected chi connectivity index (χ3v) is 4.41.